The van der Waals surface area contributed by atoms with Crippen LogP contribution in [0.25, 0.3) is 61.3 Å². The fourth-order valence-corrected chi connectivity index (χ4v) is 4.98. The molecule has 0 amide bonds. The maximum Gasteiger partial charge on any atom is 0.230 e. The van der Waals surface area contributed by atoms with E-state index in [2.05, 4.69) is 78.0 Å². The van der Waals surface area contributed by atoms with Crippen LogP contribution in [0.1, 0.15) is 16.8 Å². The zero-order chi connectivity index (χ0) is 23.0. The number of furan rings is 2. The van der Waals surface area contributed by atoms with Crippen LogP contribution in [0.4, 0.5) is 0 Å². The SMILES string of the molecule is Cc1ccc2c(n1)oc1c3ccc(-c4nc5ccccc5n4-c4c(C)cccc4C)cc3oc21. The van der Waals surface area contributed by atoms with E-state index in [0.29, 0.717) is 5.71 Å². The van der Waals surface area contributed by atoms with Crippen LogP contribution in [0.3, 0.4) is 0 Å². The number of aryl methyl sites for hydroxylation is 3. The van der Waals surface area contributed by atoms with Crippen molar-refractivity contribution >= 4 is 44.3 Å². The Bertz CT molecular complexity index is 1880. The summed E-state index contributed by atoms with van der Waals surface area (Å²) >= 11 is 0. The summed E-state index contributed by atoms with van der Waals surface area (Å²) < 4.78 is 14.6. The summed E-state index contributed by atoms with van der Waals surface area (Å²) in [5, 5.41) is 1.82. The molecule has 0 aliphatic rings. The Morgan fingerprint density at radius 2 is 1.47 bits per heavy atom. The predicted molar refractivity (Wildman–Crippen MR) is 136 cm³/mol. The lowest BCUT2D eigenvalue weighted by Gasteiger charge is -2.15. The number of nitrogens with zero attached hydrogens (tertiary/aromatic N) is 3. The first-order valence-electron chi connectivity index (χ1n) is 11.4. The van der Waals surface area contributed by atoms with Crippen molar-refractivity contribution in [2.75, 3.05) is 0 Å². The molecule has 164 valence electrons. The van der Waals surface area contributed by atoms with E-state index in [1.165, 1.54) is 11.1 Å². The van der Waals surface area contributed by atoms with E-state index in [1.807, 2.05) is 25.1 Å². The first-order valence-corrected chi connectivity index (χ1v) is 11.4. The maximum absolute atomic E-state index is 6.30. The summed E-state index contributed by atoms with van der Waals surface area (Å²) in [6.07, 6.45) is 0. The average Bonchev–Trinajstić information content (AvgIpc) is 3.48. The van der Waals surface area contributed by atoms with Gasteiger partial charge in [0.1, 0.15) is 11.4 Å². The molecule has 7 rings (SSSR count). The summed E-state index contributed by atoms with van der Waals surface area (Å²) in [7, 11) is 0. The normalized spacial score (nSPS) is 12.0. The largest absolute Gasteiger partial charge is 0.452 e. The van der Waals surface area contributed by atoms with Crippen molar-refractivity contribution in [3.63, 3.8) is 0 Å². The maximum atomic E-state index is 6.30. The third-order valence-electron chi connectivity index (χ3n) is 6.57. The first-order chi connectivity index (χ1) is 16.6. The van der Waals surface area contributed by atoms with Gasteiger partial charge in [-0.25, -0.2) is 9.97 Å². The van der Waals surface area contributed by atoms with Crippen LogP contribution in [0, 0.1) is 20.8 Å². The molecule has 3 aromatic carbocycles. The molecule has 0 saturated heterocycles. The van der Waals surface area contributed by atoms with E-state index in [1.54, 1.807) is 0 Å². The first kappa shape index (κ1) is 19.1. The fourth-order valence-electron chi connectivity index (χ4n) is 4.98. The molecule has 0 saturated carbocycles. The molecule has 0 N–H and O–H groups in total. The monoisotopic (exact) mass is 443 g/mol. The molecule has 0 spiro atoms. The van der Waals surface area contributed by atoms with Crippen LogP contribution >= 0.6 is 0 Å². The predicted octanol–water partition coefficient (Wildman–Crippen LogP) is 7.66. The van der Waals surface area contributed by atoms with Crippen LogP contribution in [0.2, 0.25) is 0 Å². The van der Waals surface area contributed by atoms with Gasteiger partial charge in [0.15, 0.2) is 11.2 Å². The van der Waals surface area contributed by atoms with Gasteiger partial charge in [0.2, 0.25) is 5.71 Å². The minimum Gasteiger partial charge on any atom is -0.452 e. The van der Waals surface area contributed by atoms with Gasteiger partial charge >= 0.3 is 0 Å². The van der Waals surface area contributed by atoms with Crippen LogP contribution in [0.15, 0.2) is 81.6 Å². The number of benzene rings is 3. The van der Waals surface area contributed by atoms with E-state index < -0.39 is 0 Å². The van der Waals surface area contributed by atoms with E-state index in [0.717, 1.165) is 61.3 Å². The topological polar surface area (TPSA) is 57.0 Å². The highest BCUT2D eigenvalue weighted by Crippen LogP contribution is 2.39. The Kier molecular flexibility index (Phi) is 3.83. The van der Waals surface area contributed by atoms with E-state index in [9.17, 15) is 0 Å². The summed E-state index contributed by atoms with van der Waals surface area (Å²) in [5.41, 5.74) is 10.4. The van der Waals surface area contributed by atoms with Crippen molar-refractivity contribution in [2.24, 2.45) is 0 Å². The molecule has 0 unspecified atom stereocenters. The Hall–Kier alpha value is -4.38. The highest BCUT2D eigenvalue weighted by Gasteiger charge is 2.20. The van der Waals surface area contributed by atoms with Crippen LogP contribution in [-0.4, -0.2) is 14.5 Å². The number of hydrogen-bond donors (Lipinski definition) is 0. The molecule has 0 radical (unpaired) electrons. The molecule has 0 aliphatic carbocycles. The number of rotatable bonds is 2. The molecule has 4 heterocycles. The van der Waals surface area contributed by atoms with E-state index in [-0.39, 0.29) is 0 Å². The van der Waals surface area contributed by atoms with Gasteiger partial charge in [0.05, 0.1) is 27.5 Å². The minimum absolute atomic E-state index is 0.608. The molecule has 0 aliphatic heterocycles. The lowest BCUT2D eigenvalue weighted by molar-refractivity contribution is 0.644. The summed E-state index contributed by atoms with van der Waals surface area (Å²) in [6, 6.07) is 24.8. The molecule has 0 bridgehead atoms. The fraction of sp³-hybridized carbons (Fsp3) is 0.103. The molecule has 5 nitrogen and oxygen atoms in total. The molecule has 34 heavy (non-hydrogen) atoms. The van der Waals surface area contributed by atoms with Gasteiger partial charge in [-0.1, -0.05) is 36.4 Å². The Morgan fingerprint density at radius 1 is 0.706 bits per heavy atom. The van der Waals surface area contributed by atoms with Crippen LogP contribution in [-0.2, 0) is 0 Å². The Balaban J connectivity index is 1.51. The molecule has 4 aromatic heterocycles. The van der Waals surface area contributed by atoms with Gasteiger partial charge in [-0.05, 0) is 68.3 Å². The quantitative estimate of drug-likeness (QED) is 0.275. The van der Waals surface area contributed by atoms with Crippen LogP contribution < -0.4 is 0 Å². The van der Waals surface area contributed by atoms with Crippen molar-refractivity contribution in [1.29, 1.82) is 0 Å². The molecule has 0 atom stereocenters. The lowest BCUT2D eigenvalue weighted by Crippen LogP contribution is -2.02. The number of hydrogen-bond acceptors (Lipinski definition) is 4. The van der Waals surface area contributed by atoms with Crippen molar-refractivity contribution in [1.82, 2.24) is 14.5 Å². The molecule has 7 aromatic rings. The second kappa shape index (κ2) is 6.81. The summed E-state index contributed by atoms with van der Waals surface area (Å²) in [6.45, 7) is 6.24. The standard InChI is InChI=1S/C29H21N3O2/c1-16-7-6-8-17(2)25(16)32-23-10-5-4-9-22(23)31-28(32)19-12-14-20-24(15-19)33-27-21-13-11-18(3)30-29(21)34-26(20)27/h4-15H,1-3H3. The van der Waals surface area contributed by atoms with Gasteiger partial charge in [-0.2, -0.15) is 0 Å². The number of pyridine rings is 1. The van der Waals surface area contributed by atoms with E-state index >= 15 is 0 Å². The second-order valence-corrected chi connectivity index (χ2v) is 8.88. The zero-order valence-corrected chi connectivity index (χ0v) is 19.1. The van der Waals surface area contributed by atoms with Gasteiger partial charge in [-0.15, -0.1) is 0 Å². The molecular formula is C29H21N3O2. The third-order valence-corrected chi connectivity index (χ3v) is 6.57. The van der Waals surface area contributed by atoms with Crippen molar-refractivity contribution in [3.05, 3.63) is 89.6 Å². The van der Waals surface area contributed by atoms with Gasteiger partial charge in [0, 0.05) is 11.3 Å². The van der Waals surface area contributed by atoms with Crippen molar-refractivity contribution in [2.45, 2.75) is 20.8 Å². The number of para-hydroxylation sites is 3. The summed E-state index contributed by atoms with van der Waals surface area (Å²) in [5.74, 6) is 0.885. The number of aromatic nitrogens is 3. The smallest absolute Gasteiger partial charge is 0.230 e. The van der Waals surface area contributed by atoms with Gasteiger partial charge < -0.3 is 8.83 Å². The third kappa shape index (κ3) is 2.61. The Morgan fingerprint density at radius 3 is 2.32 bits per heavy atom. The average molecular weight is 444 g/mol. The molecule has 5 heteroatoms. The Labute approximate surface area is 195 Å². The number of fused-ring (bicyclic) bond motifs is 6. The molecule has 0 fully saturated rings. The van der Waals surface area contributed by atoms with Crippen molar-refractivity contribution in [3.8, 4) is 17.1 Å². The minimum atomic E-state index is 0.608. The number of imidazole rings is 1. The van der Waals surface area contributed by atoms with Gasteiger partial charge in [0.25, 0.3) is 0 Å². The van der Waals surface area contributed by atoms with Crippen LogP contribution in [0.5, 0.6) is 0 Å². The molecular weight excluding hydrogens is 422 g/mol. The highest BCUT2D eigenvalue weighted by atomic mass is 16.4. The van der Waals surface area contributed by atoms with Crippen molar-refractivity contribution < 1.29 is 8.83 Å². The second-order valence-electron chi connectivity index (χ2n) is 8.88. The van der Waals surface area contributed by atoms with Gasteiger partial charge in [-0.3, -0.25) is 4.57 Å². The highest BCUT2D eigenvalue weighted by molar-refractivity contribution is 6.12. The lowest BCUT2D eigenvalue weighted by atomic mass is 10.1. The van der Waals surface area contributed by atoms with E-state index in [4.69, 9.17) is 13.8 Å². The summed E-state index contributed by atoms with van der Waals surface area (Å²) in [4.78, 5) is 9.54. The zero-order valence-electron chi connectivity index (χ0n) is 19.1.